The van der Waals surface area contributed by atoms with E-state index in [0.29, 0.717) is 0 Å². The van der Waals surface area contributed by atoms with E-state index < -0.39 is 5.97 Å². The molecule has 4 rings (SSSR count). The van der Waals surface area contributed by atoms with E-state index >= 15 is 0 Å². The van der Waals surface area contributed by atoms with Gasteiger partial charge in [0.15, 0.2) is 0 Å². The molecule has 25 heavy (non-hydrogen) atoms. The Morgan fingerprint density at radius 2 is 1.80 bits per heavy atom. The van der Waals surface area contributed by atoms with E-state index in [0.717, 1.165) is 22.6 Å². The SMILES string of the molecule is O=C(O)c1nccs1.[Ir].[c-]1ccccc1-c1nccc2ccccc12. The Kier molecular flexibility index (Phi) is 6.95. The van der Waals surface area contributed by atoms with Crippen LogP contribution in [0.3, 0.4) is 0 Å². The summed E-state index contributed by atoms with van der Waals surface area (Å²) in [6.45, 7) is 0. The summed E-state index contributed by atoms with van der Waals surface area (Å²) in [5.41, 5.74) is 2.04. The van der Waals surface area contributed by atoms with Crippen LogP contribution in [0.15, 0.2) is 72.4 Å². The molecular weight excluding hydrogens is 513 g/mol. The summed E-state index contributed by atoms with van der Waals surface area (Å²) in [5, 5.41) is 12.4. The van der Waals surface area contributed by atoms with Crippen molar-refractivity contribution in [3.8, 4) is 11.3 Å². The van der Waals surface area contributed by atoms with E-state index in [1.54, 1.807) is 5.38 Å². The zero-order valence-corrected chi connectivity index (χ0v) is 16.1. The average Bonchev–Trinajstić information content (AvgIpc) is 3.18. The molecule has 0 saturated heterocycles. The van der Waals surface area contributed by atoms with Gasteiger partial charge in [0.1, 0.15) is 0 Å². The number of aromatic nitrogens is 2. The number of benzene rings is 2. The topological polar surface area (TPSA) is 63.1 Å². The van der Waals surface area contributed by atoms with Gasteiger partial charge in [-0.05, 0) is 22.5 Å². The number of hydrogen-bond acceptors (Lipinski definition) is 4. The Morgan fingerprint density at radius 3 is 2.44 bits per heavy atom. The van der Waals surface area contributed by atoms with Gasteiger partial charge < -0.3 is 10.1 Å². The van der Waals surface area contributed by atoms with Gasteiger partial charge in [-0.1, -0.05) is 24.3 Å². The second-order valence-electron chi connectivity index (χ2n) is 4.80. The van der Waals surface area contributed by atoms with Crippen molar-refractivity contribution < 1.29 is 30.0 Å². The molecule has 0 saturated carbocycles. The number of carboxylic acids is 1. The number of fused-ring (bicyclic) bond motifs is 1. The van der Waals surface area contributed by atoms with Crippen molar-refractivity contribution in [1.82, 2.24) is 9.97 Å². The van der Waals surface area contributed by atoms with Crippen LogP contribution in [0.4, 0.5) is 0 Å². The Bertz CT molecular complexity index is 939. The van der Waals surface area contributed by atoms with Crippen LogP contribution in [-0.4, -0.2) is 21.0 Å². The molecule has 1 radical (unpaired) electrons. The fourth-order valence-electron chi connectivity index (χ4n) is 2.20. The van der Waals surface area contributed by atoms with E-state index in [1.165, 1.54) is 17.0 Å². The van der Waals surface area contributed by atoms with Crippen LogP contribution in [0, 0.1) is 6.07 Å². The molecule has 2 aromatic heterocycles. The van der Waals surface area contributed by atoms with Gasteiger partial charge in [0, 0.05) is 37.9 Å². The number of carboxylic acid groups (broad SMARTS) is 1. The smallest absolute Gasteiger partial charge is 0.364 e. The summed E-state index contributed by atoms with van der Waals surface area (Å²) in [7, 11) is 0. The third-order valence-corrected chi connectivity index (χ3v) is 4.01. The molecule has 0 atom stereocenters. The van der Waals surface area contributed by atoms with E-state index in [4.69, 9.17) is 5.11 Å². The first-order valence-electron chi connectivity index (χ1n) is 7.19. The monoisotopic (exact) mass is 526 g/mol. The summed E-state index contributed by atoms with van der Waals surface area (Å²) in [6, 6.07) is 21.4. The number of aromatic carboxylic acids is 1. The van der Waals surface area contributed by atoms with E-state index in [9.17, 15) is 4.79 Å². The van der Waals surface area contributed by atoms with Crippen molar-refractivity contribution >= 4 is 28.1 Å². The third kappa shape index (κ3) is 4.79. The maximum atomic E-state index is 10.0. The quantitative estimate of drug-likeness (QED) is 0.391. The molecule has 0 aliphatic rings. The summed E-state index contributed by atoms with van der Waals surface area (Å²) >= 11 is 1.12. The molecule has 1 N–H and O–H groups in total. The standard InChI is InChI=1S/C15H10N.C4H3NO2S.Ir/c1-2-7-13(8-3-1)15-14-9-5-4-6-12(14)10-11-16-15;6-4(7)3-5-1-2-8-3;/h1-7,9-11H;1-2H,(H,6,7);/q-1;;. The molecule has 0 bridgehead atoms. The van der Waals surface area contributed by atoms with Crippen LogP contribution >= 0.6 is 11.3 Å². The van der Waals surface area contributed by atoms with Gasteiger partial charge in [-0.2, -0.15) is 0 Å². The molecule has 4 aromatic rings. The molecule has 0 spiro atoms. The van der Waals surface area contributed by atoms with E-state index in [1.807, 2.05) is 48.7 Å². The predicted octanol–water partition coefficient (Wildman–Crippen LogP) is 4.54. The van der Waals surface area contributed by atoms with Gasteiger partial charge in [0.2, 0.25) is 5.01 Å². The number of rotatable bonds is 2. The number of carbonyl (C=O) groups is 1. The van der Waals surface area contributed by atoms with Gasteiger partial charge in [-0.25, -0.2) is 9.78 Å². The van der Waals surface area contributed by atoms with Crippen LogP contribution in [-0.2, 0) is 20.1 Å². The molecule has 127 valence electrons. The summed E-state index contributed by atoms with van der Waals surface area (Å²) in [5.74, 6) is -0.958. The van der Waals surface area contributed by atoms with Gasteiger partial charge >= 0.3 is 5.97 Å². The average molecular weight is 526 g/mol. The van der Waals surface area contributed by atoms with Crippen LogP contribution in [0.5, 0.6) is 0 Å². The number of hydrogen-bond donors (Lipinski definition) is 1. The number of thiazole rings is 1. The number of nitrogens with zero attached hydrogens (tertiary/aromatic N) is 2. The molecule has 2 aromatic carbocycles. The maximum absolute atomic E-state index is 10.0. The molecule has 4 nitrogen and oxygen atoms in total. The fraction of sp³-hybridized carbons (Fsp3) is 0. The van der Waals surface area contributed by atoms with Crippen molar-refractivity contribution in [2.75, 3.05) is 0 Å². The molecule has 0 aliphatic carbocycles. The van der Waals surface area contributed by atoms with Gasteiger partial charge in [-0.15, -0.1) is 47.2 Å². The summed E-state index contributed by atoms with van der Waals surface area (Å²) in [4.78, 5) is 18.0. The second kappa shape index (κ2) is 9.18. The van der Waals surface area contributed by atoms with E-state index in [2.05, 4.69) is 28.2 Å². The Hall–Kier alpha value is -2.40. The Balaban J connectivity index is 0.000000214. The number of pyridine rings is 1. The van der Waals surface area contributed by atoms with Crippen LogP contribution in [0.2, 0.25) is 0 Å². The minimum Gasteiger partial charge on any atom is -0.476 e. The molecule has 0 unspecified atom stereocenters. The maximum Gasteiger partial charge on any atom is 0.364 e. The minimum atomic E-state index is -0.958. The predicted molar refractivity (Wildman–Crippen MR) is 95.1 cm³/mol. The molecule has 0 amide bonds. The first-order valence-corrected chi connectivity index (χ1v) is 8.07. The van der Waals surface area contributed by atoms with Crippen LogP contribution in [0.1, 0.15) is 9.80 Å². The molecule has 0 fully saturated rings. The van der Waals surface area contributed by atoms with Gasteiger partial charge in [0.05, 0.1) is 0 Å². The fourth-order valence-corrected chi connectivity index (χ4v) is 2.68. The van der Waals surface area contributed by atoms with Crippen molar-refractivity contribution in [2.45, 2.75) is 0 Å². The van der Waals surface area contributed by atoms with Gasteiger partial charge in [0.25, 0.3) is 0 Å². The molecular formula is C19H13IrN2O2S-. The van der Waals surface area contributed by atoms with Crippen LogP contribution < -0.4 is 0 Å². The Morgan fingerprint density at radius 1 is 1.00 bits per heavy atom. The van der Waals surface area contributed by atoms with Crippen LogP contribution in [0.25, 0.3) is 22.0 Å². The van der Waals surface area contributed by atoms with Crippen molar-refractivity contribution in [2.24, 2.45) is 0 Å². The second-order valence-corrected chi connectivity index (χ2v) is 5.69. The first-order chi connectivity index (χ1) is 11.8. The zero-order valence-electron chi connectivity index (χ0n) is 12.9. The van der Waals surface area contributed by atoms with Crippen molar-refractivity contribution in [1.29, 1.82) is 0 Å². The third-order valence-electron chi connectivity index (χ3n) is 3.25. The van der Waals surface area contributed by atoms with Gasteiger partial charge in [-0.3, -0.25) is 0 Å². The molecule has 2 heterocycles. The zero-order chi connectivity index (χ0) is 16.8. The summed E-state index contributed by atoms with van der Waals surface area (Å²) < 4.78 is 0. The van der Waals surface area contributed by atoms with Crippen molar-refractivity contribution in [3.05, 3.63) is 83.4 Å². The minimum absolute atomic E-state index is 0. The van der Waals surface area contributed by atoms with E-state index in [-0.39, 0.29) is 25.1 Å². The first kappa shape index (κ1) is 18.9. The Labute approximate surface area is 162 Å². The largest absolute Gasteiger partial charge is 0.476 e. The summed E-state index contributed by atoms with van der Waals surface area (Å²) in [6.07, 6.45) is 3.31. The van der Waals surface area contributed by atoms with Crippen molar-refractivity contribution in [3.63, 3.8) is 0 Å². The normalized spacial score (nSPS) is 9.60. The molecule has 6 heteroatoms. The molecule has 0 aliphatic heterocycles.